The van der Waals surface area contributed by atoms with E-state index in [4.69, 9.17) is 10.2 Å². The summed E-state index contributed by atoms with van der Waals surface area (Å²) >= 11 is 1.17. The van der Waals surface area contributed by atoms with Gasteiger partial charge in [-0.05, 0) is 50.1 Å². The van der Waals surface area contributed by atoms with Gasteiger partial charge in [0.2, 0.25) is 5.91 Å². The summed E-state index contributed by atoms with van der Waals surface area (Å²) in [6.07, 6.45) is -0.589. The third-order valence-corrected chi connectivity index (χ3v) is 6.70. The quantitative estimate of drug-likeness (QED) is 0.246. The number of hydrogen-bond donors (Lipinski definition) is 5. The van der Waals surface area contributed by atoms with Gasteiger partial charge in [0.25, 0.3) is 11.5 Å². The molecule has 13 heteroatoms. The number of anilines is 1. The Kier molecular flexibility index (Phi) is 8.60. The number of carbonyl (C=O) groups is 4. The van der Waals surface area contributed by atoms with E-state index in [0.29, 0.717) is 23.3 Å². The van der Waals surface area contributed by atoms with Crippen LogP contribution in [-0.2, 0) is 20.9 Å². The van der Waals surface area contributed by atoms with Crippen LogP contribution < -0.4 is 21.1 Å². The number of aromatic nitrogens is 2. The topological polar surface area (TPSA) is 182 Å². The summed E-state index contributed by atoms with van der Waals surface area (Å²) < 4.78 is 0. The molecule has 5 N–H and O–H groups in total. The molecular weight excluding hydrogens is 502 g/mol. The van der Waals surface area contributed by atoms with Crippen LogP contribution in [0.25, 0.3) is 10.9 Å². The molecule has 0 radical (unpaired) electrons. The molecule has 0 saturated heterocycles. The fraction of sp³-hybridized carbons (Fsp3) is 0.333. The zero-order chi connectivity index (χ0) is 27.3. The standard InChI is InChI=1S/C24H27N5O7S/c1-12(24(35)36)25-22(33)17(6-9-20(30)31)28-23(34)18-7-8-19(37-18)29(3)11-14-4-5-16-15(10-14)21(32)27-13(2)26-16/h4-5,7-8,10,12,17H,6,9,11H2,1-3H3,(H,25,33)(H,28,34)(H,30,31)(H,35,36)(H,26,27,32)/t12-,17-/m0/s1. The van der Waals surface area contributed by atoms with E-state index in [1.54, 1.807) is 31.2 Å². The molecule has 2 aromatic heterocycles. The van der Waals surface area contributed by atoms with Crippen molar-refractivity contribution >= 4 is 51.0 Å². The van der Waals surface area contributed by atoms with Gasteiger partial charge in [-0.3, -0.25) is 24.0 Å². The van der Waals surface area contributed by atoms with Crippen molar-refractivity contribution in [3.8, 4) is 0 Å². The smallest absolute Gasteiger partial charge is 0.325 e. The van der Waals surface area contributed by atoms with Crippen molar-refractivity contribution in [2.24, 2.45) is 0 Å². The molecule has 3 aromatic rings. The second kappa shape index (κ2) is 11.6. The van der Waals surface area contributed by atoms with Gasteiger partial charge in [0.15, 0.2) is 0 Å². The number of benzene rings is 1. The van der Waals surface area contributed by atoms with Gasteiger partial charge in [-0.1, -0.05) is 6.07 Å². The van der Waals surface area contributed by atoms with Gasteiger partial charge in [-0.15, -0.1) is 11.3 Å². The molecule has 0 aliphatic rings. The molecule has 0 unspecified atom stereocenters. The number of fused-ring (bicyclic) bond motifs is 1. The molecule has 0 bridgehead atoms. The first-order chi connectivity index (χ1) is 17.4. The van der Waals surface area contributed by atoms with Crippen LogP contribution in [0.4, 0.5) is 5.00 Å². The number of nitrogens with zero attached hydrogens (tertiary/aromatic N) is 2. The Bertz CT molecular complexity index is 1400. The van der Waals surface area contributed by atoms with Gasteiger partial charge in [0.1, 0.15) is 17.9 Å². The fourth-order valence-electron chi connectivity index (χ4n) is 3.55. The van der Waals surface area contributed by atoms with Crippen molar-refractivity contribution in [1.29, 1.82) is 0 Å². The second-order valence-corrected chi connectivity index (χ2v) is 9.59. The van der Waals surface area contributed by atoms with Gasteiger partial charge >= 0.3 is 11.9 Å². The zero-order valence-corrected chi connectivity index (χ0v) is 21.2. The van der Waals surface area contributed by atoms with E-state index in [2.05, 4.69) is 20.6 Å². The van der Waals surface area contributed by atoms with Crippen molar-refractivity contribution in [2.45, 2.75) is 45.3 Å². The van der Waals surface area contributed by atoms with E-state index < -0.39 is 35.8 Å². The van der Waals surface area contributed by atoms with Gasteiger partial charge in [-0.25, -0.2) is 4.98 Å². The van der Waals surface area contributed by atoms with Gasteiger partial charge < -0.3 is 30.7 Å². The molecular formula is C24H27N5O7S. The number of aryl methyl sites for hydroxylation is 1. The number of thiophene rings is 1. The highest BCUT2D eigenvalue weighted by atomic mass is 32.1. The average Bonchev–Trinajstić information content (AvgIpc) is 3.32. The first kappa shape index (κ1) is 27.3. The third kappa shape index (κ3) is 7.13. The van der Waals surface area contributed by atoms with E-state index in [0.717, 1.165) is 10.6 Å². The predicted octanol–water partition coefficient (Wildman–Crippen LogP) is 1.48. The minimum atomic E-state index is -1.26. The molecule has 0 fully saturated rings. The maximum absolute atomic E-state index is 12.8. The maximum atomic E-state index is 12.8. The number of carboxylic acids is 2. The van der Waals surface area contributed by atoms with Crippen molar-refractivity contribution in [1.82, 2.24) is 20.6 Å². The Labute approximate surface area is 215 Å². The fourth-order valence-corrected chi connectivity index (χ4v) is 4.42. The lowest BCUT2D eigenvalue weighted by atomic mass is 10.1. The summed E-state index contributed by atoms with van der Waals surface area (Å²) in [6.45, 7) is 3.42. The van der Waals surface area contributed by atoms with Crippen LogP contribution in [0, 0.1) is 6.92 Å². The van der Waals surface area contributed by atoms with E-state index >= 15 is 0 Å². The number of nitrogens with one attached hydrogen (secondary N) is 3. The van der Waals surface area contributed by atoms with Gasteiger partial charge in [0, 0.05) is 20.0 Å². The van der Waals surface area contributed by atoms with Crippen molar-refractivity contribution in [3.63, 3.8) is 0 Å². The molecule has 2 atom stereocenters. The zero-order valence-electron chi connectivity index (χ0n) is 20.4. The number of rotatable bonds is 11. The number of H-pyrrole nitrogens is 1. The molecule has 37 heavy (non-hydrogen) atoms. The Morgan fingerprint density at radius 3 is 2.54 bits per heavy atom. The van der Waals surface area contributed by atoms with E-state index in [1.165, 1.54) is 18.3 Å². The molecule has 0 aliphatic carbocycles. The molecule has 12 nitrogen and oxygen atoms in total. The summed E-state index contributed by atoms with van der Waals surface area (Å²) in [7, 11) is 1.83. The van der Waals surface area contributed by atoms with Gasteiger partial charge in [-0.2, -0.15) is 0 Å². The van der Waals surface area contributed by atoms with E-state index in [9.17, 15) is 24.0 Å². The van der Waals surface area contributed by atoms with Crippen LogP contribution >= 0.6 is 11.3 Å². The summed E-state index contributed by atoms with van der Waals surface area (Å²) in [5.74, 6) is -3.25. The van der Waals surface area contributed by atoms with E-state index in [1.807, 2.05) is 18.0 Å². The number of carbonyl (C=O) groups excluding carboxylic acids is 2. The Morgan fingerprint density at radius 1 is 1.14 bits per heavy atom. The number of carboxylic acid groups (broad SMARTS) is 2. The van der Waals surface area contributed by atoms with Crippen molar-refractivity contribution in [2.75, 3.05) is 11.9 Å². The summed E-state index contributed by atoms with van der Waals surface area (Å²) in [5, 5.41) is 24.0. The van der Waals surface area contributed by atoms with Crippen LogP contribution in [-0.4, -0.2) is 63.1 Å². The Morgan fingerprint density at radius 2 is 1.86 bits per heavy atom. The molecule has 2 heterocycles. The molecule has 3 rings (SSSR count). The molecule has 2 amide bonds. The van der Waals surface area contributed by atoms with Crippen LogP contribution in [0.1, 0.15) is 40.8 Å². The first-order valence-electron chi connectivity index (χ1n) is 11.3. The minimum absolute atomic E-state index is 0.202. The highest BCUT2D eigenvalue weighted by molar-refractivity contribution is 7.18. The molecule has 196 valence electrons. The lowest BCUT2D eigenvalue weighted by Gasteiger charge is -2.19. The number of amides is 2. The Hall–Kier alpha value is -4.26. The lowest BCUT2D eigenvalue weighted by molar-refractivity contribution is -0.142. The summed E-state index contributed by atoms with van der Waals surface area (Å²) in [4.78, 5) is 68.8. The molecule has 1 aromatic carbocycles. The third-order valence-electron chi connectivity index (χ3n) is 5.50. The maximum Gasteiger partial charge on any atom is 0.325 e. The van der Waals surface area contributed by atoms with Crippen molar-refractivity contribution < 1.29 is 29.4 Å². The largest absolute Gasteiger partial charge is 0.481 e. The average molecular weight is 530 g/mol. The second-order valence-electron chi connectivity index (χ2n) is 8.52. The van der Waals surface area contributed by atoms with Crippen LogP contribution in [0.2, 0.25) is 0 Å². The highest BCUT2D eigenvalue weighted by Crippen LogP contribution is 2.27. The first-order valence-corrected chi connectivity index (χ1v) is 12.1. The van der Waals surface area contributed by atoms with Gasteiger partial charge in [0.05, 0.1) is 20.8 Å². The van der Waals surface area contributed by atoms with E-state index in [-0.39, 0.29) is 23.3 Å². The van der Waals surface area contributed by atoms with Crippen LogP contribution in [0.15, 0.2) is 35.1 Å². The van der Waals surface area contributed by atoms with Crippen LogP contribution in [0.3, 0.4) is 0 Å². The molecule has 0 saturated carbocycles. The SMILES string of the molecule is Cc1nc2ccc(CN(C)c3ccc(C(=O)N[C@@H](CCC(=O)O)C(=O)N[C@@H](C)C(=O)O)s3)cc2c(=O)[nH]1. The summed E-state index contributed by atoms with van der Waals surface area (Å²) in [6, 6.07) is 6.30. The molecule has 0 aliphatic heterocycles. The van der Waals surface area contributed by atoms with Crippen LogP contribution in [0.5, 0.6) is 0 Å². The monoisotopic (exact) mass is 529 g/mol. The number of aromatic amines is 1. The highest BCUT2D eigenvalue weighted by Gasteiger charge is 2.26. The van der Waals surface area contributed by atoms with Crippen molar-refractivity contribution in [3.05, 3.63) is 57.0 Å². The molecule has 0 spiro atoms. The number of hydrogen-bond acceptors (Lipinski definition) is 8. The predicted molar refractivity (Wildman–Crippen MR) is 137 cm³/mol. The number of aliphatic carboxylic acids is 2. The minimum Gasteiger partial charge on any atom is -0.481 e. The summed E-state index contributed by atoms with van der Waals surface area (Å²) in [5.41, 5.74) is 1.24. The normalized spacial score (nSPS) is 12.5. The Balaban J connectivity index is 1.70. The lowest BCUT2D eigenvalue weighted by Crippen LogP contribution is -2.50.